The summed E-state index contributed by atoms with van der Waals surface area (Å²) in [7, 11) is -1.22. The number of carbonyl (C=O) groups is 1. The Labute approximate surface area is 417 Å². The Morgan fingerprint density at radius 3 is 2.53 bits per heavy atom. The molecule has 2 saturated heterocycles. The first-order chi connectivity index (χ1) is 34.0. The van der Waals surface area contributed by atoms with Crippen molar-refractivity contribution in [3.05, 3.63) is 136 Å². The van der Waals surface area contributed by atoms with Crippen LogP contribution in [-0.4, -0.2) is 108 Å². The van der Waals surface area contributed by atoms with E-state index in [1.807, 2.05) is 79.0 Å². The van der Waals surface area contributed by atoms with Gasteiger partial charge in [0.15, 0.2) is 0 Å². The monoisotopic (exact) mass is 986 g/mol. The summed E-state index contributed by atoms with van der Waals surface area (Å²) in [5, 5.41) is 26.2. The van der Waals surface area contributed by atoms with Crippen molar-refractivity contribution in [3.63, 3.8) is 0 Å². The number of hydrogen-bond donors (Lipinski definition) is 4. The fourth-order valence-corrected chi connectivity index (χ4v) is 13.8. The summed E-state index contributed by atoms with van der Waals surface area (Å²) >= 11 is 1.19. The number of aliphatic hydroxyl groups is 1. The molecule has 4 N–H and O–H groups in total. The number of ether oxygens (including phenoxy) is 1. The number of benzene rings is 3. The number of pyridine rings is 1. The van der Waals surface area contributed by atoms with E-state index in [9.17, 15) is 24.2 Å². The molecule has 2 saturated carbocycles. The zero-order chi connectivity index (χ0) is 48.4. The lowest BCUT2D eigenvalue weighted by atomic mass is 9.59. The van der Waals surface area contributed by atoms with Crippen molar-refractivity contribution in [2.45, 2.75) is 118 Å². The molecule has 0 bridgehead atoms. The summed E-state index contributed by atoms with van der Waals surface area (Å²) in [6, 6.07) is 27.7. The second kappa shape index (κ2) is 21.3. The predicted octanol–water partition coefficient (Wildman–Crippen LogP) is 9.17. The molecule has 5 unspecified atom stereocenters. The number of amides is 1. The Kier molecular flexibility index (Phi) is 14.8. The smallest absolute Gasteiger partial charge is 0.264 e. The Morgan fingerprint density at radius 2 is 1.76 bits per heavy atom. The number of hydrogen-bond acceptors (Lipinski definition) is 11. The second-order valence-corrected chi connectivity index (χ2v) is 23.1. The van der Waals surface area contributed by atoms with Gasteiger partial charge in [-0.05, 0) is 135 Å². The molecule has 4 fully saturated rings. The van der Waals surface area contributed by atoms with Crippen molar-refractivity contribution in [1.82, 2.24) is 29.2 Å². The van der Waals surface area contributed by atoms with E-state index in [1.165, 1.54) is 23.1 Å². The van der Waals surface area contributed by atoms with Crippen LogP contribution in [0.25, 0.3) is 11.0 Å². The zero-order valence-corrected chi connectivity index (χ0v) is 41.8. The molecule has 3 aliphatic carbocycles. The molecule has 14 nitrogen and oxygen atoms in total. The second-order valence-electron chi connectivity index (χ2n) is 20.6. The minimum atomic E-state index is -1.22. The highest BCUT2D eigenvalue weighted by Crippen LogP contribution is 2.53. The van der Waals surface area contributed by atoms with Crippen LogP contribution in [0, 0.1) is 21.4 Å². The third-order valence-electron chi connectivity index (χ3n) is 15.8. The van der Waals surface area contributed by atoms with Crippen LogP contribution in [-0.2, 0) is 11.0 Å². The SMILES string of the molecule is CC(C)c1ccccc1C1CN(S(=O)c2ccccc2)CCN1C1CC2(CCN(c3ccc(C(=O)NSC4C=CC(NCC5CCC(O)CC5)C([N+](=O)[O-])C4)c(Oc4cnc5[nH]ccc5c4)c3)CC2)C1. The molecular formula is C54H66N8O6S2. The number of nitrogens with zero attached hydrogens (tertiary/aromatic N) is 5. The van der Waals surface area contributed by atoms with Crippen LogP contribution in [0.3, 0.4) is 0 Å². The lowest BCUT2D eigenvalue weighted by Crippen LogP contribution is -2.60. The van der Waals surface area contributed by atoms with E-state index in [2.05, 4.69) is 72.2 Å². The lowest BCUT2D eigenvalue weighted by Gasteiger charge is -2.58. The minimum Gasteiger partial charge on any atom is -0.455 e. The fourth-order valence-electron chi connectivity index (χ4n) is 11.7. The van der Waals surface area contributed by atoms with Gasteiger partial charge in [-0.15, -0.1) is 0 Å². The molecule has 16 heteroatoms. The third kappa shape index (κ3) is 10.7. The van der Waals surface area contributed by atoms with Gasteiger partial charge in [0, 0.05) is 84.7 Å². The highest BCUT2D eigenvalue weighted by Gasteiger charge is 2.50. The van der Waals surface area contributed by atoms with Crippen LogP contribution < -0.4 is 19.7 Å². The highest BCUT2D eigenvalue weighted by atomic mass is 32.2. The van der Waals surface area contributed by atoms with E-state index < -0.39 is 23.1 Å². The van der Waals surface area contributed by atoms with Gasteiger partial charge < -0.3 is 25.0 Å². The largest absolute Gasteiger partial charge is 0.455 e. The molecule has 0 radical (unpaired) electrons. The number of aromatic nitrogens is 2. The molecule has 370 valence electrons. The van der Waals surface area contributed by atoms with Gasteiger partial charge in [0.2, 0.25) is 6.04 Å². The van der Waals surface area contributed by atoms with E-state index in [0.717, 1.165) is 106 Å². The number of H-pyrrole nitrogens is 1. The maximum atomic E-state index is 14.1. The molecule has 1 spiro atoms. The van der Waals surface area contributed by atoms with Crippen LogP contribution >= 0.6 is 11.9 Å². The third-order valence-corrected chi connectivity index (χ3v) is 18.2. The van der Waals surface area contributed by atoms with Crippen LogP contribution in [0.2, 0.25) is 0 Å². The number of piperidine rings is 1. The number of nitro groups is 1. The van der Waals surface area contributed by atoms with Crippen LogP contribution in [0.5, 0.6) is 11.5 Å². The standard InChI is InChI=1S/C54H66N8O6S2/c1-36(2)45-10-6-7-11-46(45)50-35-60(70(67)44-8-4-3-5-9-44)26-27-61(50)40-31-54(32-40)21-24-59(25-22-54)39-14-18-47(51(29-39)68-42-28-38-20-23-55-52(38)57-34-42)53(64)58-69-43-17-19-48(49(30-43)62(65)66)56-33-37-12-15-41(63)16-13-37/h3-11,14,17-20,23,28-29,34,36-37,40-41,43,48-50,56,63H,12-13,15-16,21-22,24-27,30-33,35H2,1-2H3,(H,55,57)(H,58,64). The van der Waals surface area contributed by atoms with Gasteiger partial charge in [-0.25, -0.2) is 13.5 Å². The van der Waals surface area contributed by atoms with E-state index in [1.54, 1.807) is 6.20 Å². The normalized spacial score (nSPS) is 25.7. The average molecular weight is 987 g/mol. The predicted molar refractivity (Wildman–Crippen MR) is 277 cm³/mol. The fraction of sp³-hybridized carbons (Fsp3) is 0.481. The van der Waals surface area contributed by atoms with Crippen molar-refractivity contribution in [2.24, 2.45) is 11.3 Å². The summed E-state index contributed by atoms with van der Waals surface area (Å²) in [6.45, 7) is 9.34. The minimum absolute atomic E-state index is 0.156. The Hall–Kier alpha value is -5.10. The van der Waals surface area contributed by atoms with Crippen LogP contribution in [0.1, 0.15) is 105 Å². The lowest BCUT2D eigenvalue weighted by molar-refractivity contribution is -0.526. The molecular weight excluding hydrogens is 921 g/mol. The number of anilines is 1. The van der Waals surface area contributed by atoms with Gasteiger partial charge in [0.1, 0.15) is 28.1 Å². The number of piperazine rings is 1. The summed E-state index contributed by atoms with van der Waals surface area (Å²) < 4.78 is 25.6. The van der Waals surface area contributed by atoms with Crippen molar-refractivity contribution in [3.8, 4) is 11.5 Å². The van der Waals surface area contributed by atoms with Crippen molar-refractivity contribution < 1.29 is 23.8 Å². The number of carbonyl (C=O) groups excluding carboxylic acids is 1. The molecule has 3 aromatic carbocycles. The van der Waals surface area contributed by atoms with Gasteiger partial charge >= 0.3 is 0 Å². The first-order valence-electron chi connectivity index (χ1n) is 25.2. The molecule has 1 amide bonds. The number of rotatable bonds is 15. The Balaban J connectivity index is 0.803. The van der Waals surface area contributed by atoms with E-state index >= 15 is 0 Å². The van der Waals surface area contributed by atoms with Crippen LogP contribution in [0.4, 0.5) is 5.69 Å². The summed E-state index contributed by atoms with van der Waals surface area (Å²) in [6.07, 6.45) is 15.2. The summed E-state index contributed by atoms with van der Waals surface area (Å²) in [5.74, 6) is 1.37. The molecule has 2 aromatic heterocycles. The molecule has 70 heavy (non-hydrogen) atoms. The molecule has 5 aliphatic rings. The first-order valence-corrected chi connectivity index (χ1v) is 27.2. The maximum absolute atomic E-state index is 14.1. The van der Waals surface area contributed by atoms with E-state index in [0.29, 0.717) is 41.5 Å². The average Bonchev–Trinajstić information content (AvgIpc) is 3.85. The quantitative estimate of drug-likeness (QED) is 0.0342. The van der Waals surface area contributed by atoms with E-state index in [-0.39, 0.29) is 40.1 Å². The zero-order valence-electron chi connectivity index (χ0n) is 40.2. The molecule has 5 atom stereocenters. The molecule has 5 aromatic rings. The Morgan fingerprint density at radius 1 is 0.986 bits per heavy atom. The van der Waals surface area contributed by atoms with Gasteiger partial charge in [-0.1, -0.05) is 68.5 Å². The Bertz CT molecular complexity index is 2680. The maximum Gasteiger partial charge on any atom is 0.264 e. The van der Waals surface area contributed by atoms with Crippen LogP contribution in [0.15, 0.2) is 114 Å². The molecule has 4 heterocycles. The summed E-state index contributed by atoms with van der Waals surface area (Å²) in [4.78, 5) is 39.7. The van der Waals surface area contributed by atoms with Crippen molar-refractivity contribution in [1.29, 1.82) is 0 Å². The number of nitrogens with one attached hydrogen (secondary N) is 3. The summed E-state index contributed by atoms with van der Waals surface area (Å²) in [5.41, 5.74) is 5.07. The van der Waals surface area contributed by atoms with Crippen molar-refractivity contribution >= 4 is 45.6 Å². The van der Waals surface area contributed by atoms with Crippen molar-refractivity contribution in [2.75, 3.05) is 44.2 Å². The van der Waals surface area contributed by atoms with Gasteiger partial charge in [-0.2, -0.15) is 0 Å². The number of fused-ring (bicyclic) bond motifs is 1. The molecule has 10 rings (SSSR count). The van der Waals surface area contributed by atoms with E-state index in [4.69, 9.17) is 4.74 Å². The van der Waals surface area contributed by atoms with Gasteiger partial charge in [-0.3, -0.25) is 24.5 Å². The van der Waals surface area contributed by atoms with Gasteiger partial charge in [0.25, 0.3) is 5.91 Å². The first kappa shape index (κ1) is 48.5. The van der Waals surface area contributed by atoms with Gasteiger partial charge in [0.05, 0.1) is 28.8 Å². The number of aromatic amines is 1. The highest BCUT2D eigenvalue weighted by molar-refractivity contribution is 7.98. The topological polar surface area (TPSA) is 169 Å². The molecule has 2 aliphatic heterocycles. The number of aliphatic hydroxyl groups excluding tert-OH is 1.